The first kappa shape index (κ1) is 16.1. The van der Waals surface area contributed by atoms with E-state index in [1.54, 1.807) is 0 Å². The molecule has 21 heavy (non-hydrogen) atoms. The number of aromatic hydroxyl groups is 1. The minimum Gasteiger partial charge on any atom is -0.507 e. The van der Waals surface area contributed by atoms with Crippen LogP contribution in [0.4, 0.5) is 13.2 Å². The second-order valence-corrected chi connectivity index (χ2v) is 6.15. The van der Waals surface area contributed by atoms with Gasteiger partial charge in [0.25, 0.3) is 0 Å². The first-order chi connectivity index (χ1) is 9.68. The Labute approximate surface area is 127 Å². The summed E-state index contributed by atoms with van der Waals surface area (Å²) in [6.07, 6.45) is -2.42. The van der Waals surface area contributed by atoms with E-state index in [2.05, 4.69) is 15.9 Å². The third-order valence-corrected chi connectivity index (χ3v) is 4.66. The van der Waals surface area contributed by atoms with Gasteiger partial charge in [0.2, 0.25) is 0 Å². The van der Waals surface area contributed by atoms with Crippen molar-refractivity contribution in [2.24, 2.45) is 0 Å². The van der Waals surface area contributed by atoms with Gasteiger partial charge in [0.15, 0.2) is 0 Å². The molecule has 0 spiro atoms. The van der Waals surface area contributed by atoms with Gasteiger partial charge >= 0.3 is 12.1 Å². The number of carboxylic acids is 1. The Morgan fingerprint density at radius 3 is 2.24 bits per heavy atom. The molecule has 1 aromatic rings. The van der Waals surface area contributed by atoms with E-state index < -0.39 is 28.9 Å². The number of carboxylic acid groups (broad SMARTS) is 1. The molecule has 0 unspecified atom stereocenters. The summed E-state index contributed by atoms with van der Waals surface area (Å²) in [5.41, 5.74) is -2.89. The summed E-state index contributed by atoms with van der Waals surface area (Å²) in [5.74, 6) is -1.80. The number of carbonyl (C=O) groups is 1. The molecule has 0 radical (unpaired) electrons. The molecule has 2 rings (SSSR count). The van der Waals surface area contributed by atoms with Crippen LogP contribution in [0.25, 0.3) is 0 Å². The average molecular weight is 367 g/mol. The van der Waals surface area contributed by atoms with Gasteiger partial charge in [0.05, 0.1) is 15.5 Å². The standard InChI is InChI=1S/C14H14BrF3O3/c15-10-6-8(9(7-11(10)19)14(16,17)18)13(12(20)21)4-2-1-3-5-13/h6-7,19H,1-5H2,(H,20,21). The molecule has 0 atom stereocenters. The Kier molecular flexibility index (Phi) is 4.24. The van der Waals surface area contributed by atoms with Crippen molar-refractivity contribution in [1.29, 1.82) is 0 Å². The molecule has 1 aromatic carbocycles. The number of hydrogen-bond donors (Lipinski definition) is 2. The predicted molar refractivity (Wildman–Crippen MR) is 73.2 cm³/mol. The summed E-state index contributed by atoms with van der Waals surface area (Å²) in [7, 11) is 0. The van der Waals surface area contributed by atoms with Gasteiger partial charge in [-0.05, 0) is 46.5 Å². The van der Waals surface area contributed by atoms with E-state index in [-0.39, 0.29) is 22.9 Å². The first-order valence-electron chi connectivity index (χ1n) is 6.52. The molecule has 0 bridgehead atoms. The molecule has 1 saturated carbocycles. The fourth-order valence-electron chi connectivity index (χ4n) is 2.95. The molecular formula is C14H14BrF3O3. The number of alkyl halides is 3. The minimum atomic E-state index is -4.71. The van der Waals surface area contributed by atoms with E-state index in [0.29, 0.717) is 18.9 Å². The zero-order chi connectivity index (χ0) is 15.8. The van der Waals surface area contributed by atoms with Crippen LogP contribution >= 0.6 is 15.9 Å². The summed E-state index contributed by atoms with van der Waals surface area (Å²) in [6, 6.07) is 1.69. The summed E-state index contributed by atoms with van der Waals surface area (Å²) in [4.78, 5) is 11.7. The smallest absolute Gasteiger partial charge is 0.416 e. The number of rotatable bonds is 2. The number of phenols is 1. The topological polar surface area (TPSA) is 57.5 Å². The zero-order valence-electron chi connectivity index (χ0n) is 11.0. The lowest BCUT2D eigenvalue weighted by Gasteiger charge is -2.35. The highest BCUT2D eigenvalue weighted by molar-refractivity contribution is 9.10. The van der Waals surface area contributed by atoms with Gasteiger partial charge < -0.3 is 10.2 Å². The monoisotopic (exact) mass is 366 g/mol. The predicted octanol–water partition coefficient (Wildman–Crippen LogP) is 4.46. The number of phenolic OH excluding ortho intramolecular Hbond substituents is 1. The highest BCUT2D eigenvalue weighted by atomic mass is 79.9. The lowest BCUT2D eigenvalue weighted by molar-refractivity contribution is -0.147. The van der Waals surface area contributed by atoms with Crippen molar-refractivity contribution in [3.8, 4) is 5.75 Å². The minimum absolute atomic E-state index is 0.0664. The Hall–Kier alpha value is -1.24. The van der Waals surface area contributed by atoms with Crippen molar-refractivity contribution in [3.05, 3.63) is 27.7 Å². The quantitative estimate of drug-likeness (QED) is 0.812. The Morgan fingerprint density at radius 1 is 1.19 bits per heavy atom. The molecule has 0 amide bonds. The van der Waals surface area contributed by atoms with Gasteiger partial charge in [0, 0.05) is 0 Å². The normalized spacial score (nSPS) is 18.5. The van der Waals surface area contributed by atoms with Gasteiger partial charge in [-0.25, -0.2) is 0 Å². The lowest BCUT2D eigenvalue weighted by Crippen LogP contribution is -2.39. The van der Waals surface area contributed by atoms with Gasteiger partial charge in [-0.3, -0.25) is 4.79 Å². The highest BCUT2D eigenvalue weighted by Gasteiger charge is 2.47. The molecule has 116 valence electrons. The van der Waals surface area contributed by atoms with Crippen molar-refractivity contribution in [2.75, 3.05) is 0 Å². The maximum absolute atomic E-state index is 13.2. The number of benzene rings is 1. The molecule has 2 N–H and O–H groups in total. The van der Waals surface area contributed by atoms with Crippen LogP contribution in [0.15, 0.2) is 16.6 Å². The summed E-state index contributed by atoms with van der Waals surface area (Å²) >= 11 is 2.98. The Morgan fingerprint density at radius 2 is 1.76 bits per heavy atom. The summed E-state index contributed by atoms with van der Waals surface area (Å²) in [5, 5.41) is 19.1. The molecule has 1 fully saturated rings. The fraction of sp³-hybridized carbons (Fsp3) is 0.500. The van der Waals surface area contributed by atoms with Crippen LogP contribution in [-0.2, 0) is 16.4 Å². The van der Waals surface area contributed by atoms with E-state index in [1.807, 2.05) is 0 Å². The van der Waals surface area contributed by atoms with E-state index in [4.69, 9.17) is 0 Å². The van der Waals surface area contributed by atoms with Crippen molar-refractivity contribution < 1.29 is 28.2 Å². The molecule has 0 aromatic heterocycles. The number of halogens is 4. The molecular weight excluding hydrogens is 353 g/mol. The van der Waals surface area contributed by atoms with Crippen LogP contribution in [0, 0.1) is 0 Å². The zero-order valence-corrected chi connectivity index (χ0v) is 12.6. The summed E-state index contributed by atoms with van der Waals surface area (Å²) < 4.78 is 39.8. The summed E-state index contributed by atoms with van der Waals surface area (Å²) in [6.45, 7) is 0. The molecule has 0 saturated heterocycles. The maximum Gasteiger partial charge on any atom is 0.416 e. The van der Waals surface area contributed by atoms with Crippen LogP contribution in [0.1, 0.15) is 43.2 Å². The first-order valence-corrected chi connectivity index (χ1v) is 7.31. The Bertz CT molecular complexity index is 563. The van der Waals surface area contributed by atoms with Crippen molar-refractivity contribution >= 4 is 21.9 Å². The van der Waals surface area contributed by atoms with Crippen LogP contribution in [0.2, 0.25) is 0 Å². The van der Waals surface area contributed by atoms with Crippen molar-refractivity contribution in [1.82, 2.24) is 0 Å². The second kappa shape index (κ2) is 5.51. The molecule has 0 heterocycles. The van der Waals surface area contributed by atoms with E-state index in [9.17, 15) is 28.2 Å². The molecule has 1 aliphatic carbocycles. The van der Waals surface area contributed by atoms with E-state index >= 15 is 0 Å². The van der Waals surface area contributed by atoms with Crippen LogP contribution in [-0.4, -0.2) is 16.2 Å². The van der Waals surface area contributed by atoms with E-state index in [0.717, 1.165) is 12.5 Å². The third kappa shape index (κ3) is 2.88. The Balaban J connectivity index is 2.70. The van der Waals surface area contributed by atoms with Crippen molar-refractivity contribution in [2.45, 2.75) is 43.7 Å². The number of aliphatic carboxylic acids is 1. The fourth-order valence-corrected chi connectivity index (χ4v) is 3.29. The molecule has 0 aliphatic heterocycles. The highest BCUT2D eigenvalue weighted by Crippen LogP contribution is 2.47. The van der Waals surface area contributed by atoms with Gasteiger partial charge in [-0.15, -0.1) is 0 Å². The van der Waals surface area contributed by atoms with E-state index in [1.165, 1.54) is 0 Å². The van der Waals surface area contributed by atoms with Gasteiger partial charge in [0.1, 0.15) is 5.75 Å². The maximum atomic E-state index is 13.2. The molecule has 7 heteroatoms. The SMILES string of the molecule is O=C(O)C1(c2cc(Br)c(O)cc2C(F)(F)F)CCCCC1. The van der Waals surface area contributed by atoms with Crippen LogP contribution in [0.3, 0.4) is 0 Å². The average Bonchev–Trinajstić information content (AvgIpc) is 2.40. The molecule has 3 nitrogen and oxygen atoms in total. The third-order valence-electron chi connectivity index (χ3n) is 4.02. The van der Waals surface area contributed by atoms with Crippen LogP contribution < -0.4 is 0 Å². The molecule has 1 aliphatic rings. The lowest BCUT2D eigenvalue weighted by atomic mass is 9.68. The number of hydrogen-bond acceptors (Lipinski definition) is 2. The largest absolute Gasteiger partial charge is 0.507 e. The van der Waals surface area contributed by atoms with Gasteiger partial charge in [-0.1, -0.05) is 19.3 Å². The van der Waals surface area contributed by atoms with Gasteiger partial charge in [-0.2, -0.15) is 13.2 Å². The van der Waals surface area contributed by atoms with Crippen molar-refractivity contribution in [3.63, 3.8) is 0 Å². The second-order valence-electron chi connectivity index (χ2n) is 5.29. The van der Waals surface area contributed by atoms with Crippen LogP contribution in [0.5, 0.6) is 5.75 Å².